The number of aliphatic hydroxyl groups is 1. The highest BCUT2D eigenvalue weighted by Gasteiger charge is 2.10. The van der Waals surface area contributed by atoms with Crippen LogP contribution >= 0.6 is 0 Å². The first-order valence-corrected chi connectivity index (χ1v) is 5.19. The summed E-state index contributed by atoms with van der Waals surface area (Å²) in [6.45, 7) is -0.0891. The Morgan fingerprint density at radius 2 is 1.88 bits per heavy atom. The largest absolute Gasteiger partial charge is 0.508 e. The van der Waals surface area contributed by atoms with Crippen LogP contribution in [0.5, 0.6) is 11.5 Å². The van der Waals surface area contributed by atoms with Gasteiger partial charge in [0.05, 0.1) is 6.61 Å². The molecule has 94 valence electrons. The summed E-state index contributed by atoms with van der Waals surface area (Å²) in [6.07, 6.45) is 0.450. The third kappa shape index (κ3) is 4.29. The lowest BCUT2D eigenvalue weighted by atomic mass is 10.1. The van der Waals surface area contributed by atoms with Gasteiger partial charge >= 0.3 is 0 Å². The molecule has 6 N–H and O–H groups in total. The van der Waals surface area contributed by atoms with E-state index in [1.165, 1.54) is 18.2 Å². The summed E-state index contributed by atoms with van der Waals surface area (Å²) in [7, 11) is 0. The maximum absolute atomic E-state index is 11.2. The third-order valence-electron chi connectivity index (χ3n) is 2.21. The number of nitrogens with two attached hydrogens (primary N) is 1. The summed E-state index contributed by atoms with van der Waals surface area (Å²) in [4.78, 5) is 11.2. The van der Waals surface area contributed by atoms with Crippen LogP contribution in [0.25, 0.3) is 0 Å². The second-order valence-electron chi connectivity index (χ2n) is 3.69. The smallest absolute Gasteiger partial charge is 0.239 e. The number of benzene rings is 1. The molecule has 0 saturated heterocycles. The Balaban J connectivity index is 2.43. The van der Waals surface area contributed by atoms with Gasteiger partial charge in [-0.2, -0.15) is 0 Å². The van der Waals surface area contributed by atoms with Crippen molar-refractivity contribution in [1.82, 2.24) is 5.32 Å². The lowest BCUT2D eigenvalue weighted by Gasteiger charge is -2.09. The topological polar surface area (TPSA) is 116 Å². The molecule has 0 fully saturated rings. The molecule has 1 aromatic rings. The lowest BCUT2D eigenvalue weighted by Crippen LogP contribution is -2.43. The molecule has 1 amide bonds. The molecule has 0 radical (unpaired) electrons. The fourth-order valence-electron chi connectivity index (χ4n) is 1.34. The van der Waals surface area contributed by atoms with Crippen LogP contribution in [0.4, 0.5) is 0 Å². The van der Waals surface area contributed by atoms with Crippen molar-refractivity contribution in [2.24, 2.45) is 5.73 Å². The zero-order valence-corrected chi connectivity index (χ0v) is 9.26. The molecule has 0 aliphatic rings. The van der Waals surface area contributed by atoms with Crippen LogP contribution in [-0.2, 0) is 11.2 Å². The van der Waals surface area contributed by atoms with Gasteiger partial charge in [-0.15, -0.1) is 0 Å². The molecule has 1 aromatic carbocycles. The summed E-state index contributed by atoms with van der Waals surface area (Å²) in [6, 6.07) is 3.30. The number of phenols is 2. The quantitative estimate of drug-likeness (QED) is 0.456. The van der Waals surface area contributed by atoms with Gasteiger partial charge in [0.15, 0.2) is 0 Å². The van der Waals surface area contributed by atoms with E-state index in [-0.39, 0.29) is 11.5 Å². The normalized spacial score (nSPS) is 12.1. The van der Waals surface area contributed by atoms with Crippen LogP contribution in [0.1, 0.15) is 5.56 Å². The maximum atomic E-state index is 11.2. The highest BCUT2D eigenvalue weighted by Crippen LogP contribution is 2.20. The number of aromatic hydroxyl groups is 2. The molecular formula is C11H16N2O4. The fourth-order valence-corrected chi connectivity index (χ4v) is 1.34. The molecule has 17 heavy (non-hydrogen) atoms. The van der Waals surface area contributed by atoms with Crippen LogP contribution in [0.2, 0.25) is 0 Å². The second kappa shape index (κ2) is 6.07. The summed E-state index contributed by atoms with van der Waals surface area (Å²) in [5.41, 5.74) is 6.00. The van der Waals surface area contributed by atoms with E-state index in [2.05, 4.69) is 5.32 Å². The van der Waals surface area contributed by atoms with Crippen LogP contribution < -0.4 is 11.1 Å². The van der Waals surface area contributed by atoms with E-state index in [4.69, 9.17) is 10.8 Å². The van der Waals surface area contributed by atoms with Gasteiger partial charge in [0, 0.05) is 12.6 Å². The highest BCUT2D eigenvalue weighted by atomic mass is 16.3. The van der Waals surface area contributed by atoms with Crippen molar-refractivity contribution in [2.75, 3.05) is 13.2 Å². The Morgan fingerprint density at radius 3 is 2.41 bits per heavy atom. The SMILES string of the molecule is N[C@@H](CO)C(=O)NCCc1cc(O)cc(O)c1. The zero-order chi connectivity index (χ0) is 12.8. The van der Waals surface area contributed by atoms with E-state index in [1.54, 1.807) is 0 Å². The molecule has 1 rings (SSSR count). The van der Waals surface area contributed by atoms with Gasteiger partial charge in [-0.05, 0) is 24.1 Å². The molecule has 0 aliphatic heterocycles. The number of rotatable bonds is 5. The van der Waals surface area contributed by atoms with Crippen LogP contribution in [0.15, 0.2) is 18.2 Å². The minimum absolute atomic E-state index is 0.0293. The van der Waals surface area contributed by atoms with Crippen molar-refractivity contribution in [2.45, 2.75) is 12.5 Å². The van der Waals surface area contributed by atoms with Crippen molar-refractivity contribution in [3.8, 4) is 11.5 Å². The number of carbonyl (C=O) groups is 1. The number of phenolic OH excluding ortho intramolecular Hbond substituents is 2. The molecule has 0 saturated carbocycles. The van der Waals surface area contributed by atoms with E-state index in [9.17, 15) is 15.0 Å². The number of aliphatic hydroxyl groups excluding tert-OH is 1. The average Bonchev–Trinajstić information content (AvgIpc) is 2.26. The molecule has 0 spiro atoms. The molecule has 1 atom stereocenters. The third-order valence-corrected chi connectivity index (χ3v) is 2.21. The first-order valence-electron chi connectivity index (χ1n) is 5.19. The van der Waals surface area contributed by atoms with E-state index in [0.717, 1.165) is 0 Å². The molecule has 0 aromatic heterocycles. The Hall–Kier alpha value is -1.79. The van der Waals surface area contributed by atoms with E-state index in [1.807, 2.05) is 0 Å². The number of nitrogens with one attached hydrogen (secondary N) is 1. The zero-order valence-electron chi connectivity index (χ0n) is 9.26. The summed E-state index contributed by atoms with van der Waals surface area (Å²) in [5.74, 6) is -0.492. The maximum Gasteiger partial charge on any atom is 0.239 e. The van der Waals surface area contributed by atoms with Gasteiger partial charge < -0.3 is 26.4 Å². The van der Waals surface area contributed by atoms with E-state index >= 15 is 0 Å². The minimum Gasteiger partial charge on any atom is -0.508 e. The van der Waals surface area contributed by atoms with Crippen molar-refractivity contribution < 1.29 is 20.1 Å². The van der Waals surface area contributed by atoms with Gasteiger partial charge in [0.25, 0.3) is 0 Å². The van der Waals surface area contributed by atoms with Gasteiger partial charge in [-0.25, -0.2) is 0 Å². The Labute approximate surface area is 98.7 Å². The van der Waals surface area contributed by atoms with Crippen molar-refractivity contribution in [1.29, 1.82) is 0 Å². The predicted molar refractivity (Wildman–Crippen MR) is 61.5 cm³/mol. The fraction of sp³-hybridized carbons (Fsp3) is 0.364. The summed E-state index contributed by atoms with van der Waals surface area (Å²) in [5, 5.41) is 29.6. The minimum atomic E-state index is -0.924. The summed E-state index contributed by atoms with van der Waals surface area (Å²) < 4.78 is 0. The Bertz CT molecular complexity index is 375. The summed E-state index contributed by atoms with van der Waals surface area (Å²) >= 11 is 0. The van der Waals surface area contributed by atoms with Crippen molar-refractivity contribution in [3.63, 3.8) is 0 Å². The van der Waals surface area contributed by atoms with Crippen LogP contribution in [0.3, 0.4) is 0 Å². The van der Waals surface area contributed by atoms with Crippen LogP contribution in [0, 0.1) is 0 Å². The first kappa shape index (κ1) is 13.3. The number of carbonyl (C=O) groups excluding carboxylic acids is 1. The lowest BCUT2D eigenvalue weighted by molar-refractivity contribution is -0.123. The predicted octanol–water partition coefficient (Wildman–Crippen LogP) is -0.924. The van der Waals surface area contributed by atoms with Gasteiger partial charge in [0.2, 0.25) is 5.91 Å². The van der Waals surface area contributed by atoms with Crippen LogP contribution in [-0.4, -0.2) is 40.4 Å². The molecule has 6 heteroatoms. The Morgan fingerprint density at radius 1 is 1.29 bits per heavy atom. The Kier molecular flexibility index (Phi) is 4.74. The number of amides is 1. The molecule has 6 nitrogen and oxygen atoms in total. The van der Waals surface area contributed by atoms with E-state index in [0.29, 0.717) is 18.5 Å². The molecule has 0 heterocycles. The standard InChI is InChI=1S/C11H16N2O4/c12-10(6-14)11(17)13-2-1-7-3-8(15)5-9(16)4-7/h3-5,10,14-16H,1-2,6,12H2,(H,13,17)/t10-/m0/s1. The van der Waals surface area contributed by atoms with E-state index < -0.39 is 18.6 Å². The average molecular weight is 240 g/mol. The molecular weight excluding hydrogens is 224 g/mol. The molecule has 0 bridgehead atoms. The van der Waals surface area contributed by atoms with Crippen molar-refractivity contribution in [3.05, 3.63) is 23.8 Å². The molecule has 0 aliphatic carbocycles. The molecule has 0 unspecified atom stereocenters. The first-order chi connectivity index (χ1) is 8.02. The monoisotopic (exact) mass is 240 g/mol. The van der Waals surface area contributed by atoms with Gasteiger partial charge in [-0.3, -0.25) is 4.79 Å². The number of hydrogen-bond acceptors (Lipinski definition) is 5. The number of hydrogen-bond donors (Lipinski definition) is 5. The van der Waals surface area contributed by atoms with Gasteiger partial charge in [-0.1, -0.05) is 0 Å². The highest BCUT2D eigenvalue weighted by molar-refractivity contribution is 5.81. The van der Waals surface area contributed by atoms with Gasteiger partial charge in [0.1, 0.15) is 17.5 Å². The second-order valence-corrected chi connectivity index (χ2v) is 3.69. The van der Waals surface area contributed by atoms with Crippen molar-refractivity contribution >= 4 is 5.91 Å².